The van der Waals surface area contributed by atoms with Gasteiger partial charge in [-0.2, -0.15) is 0 Å². The Balaban J connectivity index is 1.76. The first kappa shape index (κ1) is 16.4. The molecule has 124 valence electrons. The fraction of sp³-hybridized carbons (Fsp3) is 0.333. The molecule has 0 atom stereocenters. The summed E-state index contributed by atoms with van der Waals surface area (Å²) in [5.41, 5.74) is 4.50. The SMILES string of the molecule is CCC(CC)Cc1ccc(-c2nnc(-c3ccc(C)cc3)o2)cc1. The van der Waals surface area contributed by atoms with Crippen molar-refractivity contribution in [1.82, 2.24) is 10.2 Å². The van der Waals surface area contributed by atoms with Crippen LogP contribution in [0, 0.1) is 12.8 Å². The van der Waals surface area contributed by atoms with Crippen molar-refractivity contribution in [3.8, 4) is 22.9 Å². The molecule has 0 aliphatic heterocycles. The van der Waals surface area contributed by atoms with Crippen molar-refractivity contribution < 1.29 is 4.42 Å². The van der Waals surface area contributed by atoms with Crippen LogP contribution in [-0.2, 0) is 6.42 Å². The quantitative estimate of drug-likeness (QED) is 0.585. The van der Waals surface area contributed by atoms with Gasteiger partial charge in [0, 0.05) is 11.1 Å². The zero-order valence-electron chi connectivity index (χ0n) is 14.6. The van der Waals surface area contributed by atoms with E-state index in [1.165, 1.54) is 24.0 Å². The van der Waals surface area contributed by atoms with Crippen molar-refractivity contribution in [3.05, 3.63) is 59.7 Å². The summed E-state index contributed by atoms with van der Waals surface area (Å²) in [6.07, 6.45) is 3.58. The van der Waals surface area contributed by atoms with Gasteiger partial charge in [-0.1, -0.05) is 56.5 Å². The van der Waals surface area contributed by atoms with Crippen LogP contribution in [0.15, 0.2) is 52.9 Å². The first-order chi connectivity index (χ1) is 11.7. The molecule has 0 bridgehead atoms. The fourth-order valence-electron chi connectivity index (χ4n) is 2.85. The summed E-state index contributed by atoms with van der Waals surface area (Å²) in [5.74, 6) is 1.89. The standard InChI is InChI=1S/C21H24N2O/c1-4-16(5-2)14-17-8-12-19(13-9-17)21-23-22-20(24-21)18-10-6-15(3)7-11-18/h6-13,16H,4-5,14H2,1-3H3. The minimum absolute atomic E-state index is 0.561. The van der Waals surface area contributed by atoms with E-state index in [9.17, 15) is 0 Å². The maximum Gasteiger partial charge on any atom is 0.248 e. The number of hydrogen-bond donors (Lipinski definition) is 0. The van der Waals surface area contributed by atoms with Gasteiger partial charge in [-0.3, -0.25) is 0 Å². The first-order valence-corrected chi connectivity index (χ1v) is 8.69. The van der Waals surface area contributed by atoms with Crippen molar-refractivity contribution in [2.75, 3.05) is 0 Å². The summed E-state index contributed by atoms with van der Waals surface area (Å²) in [5, 5.41) is 8.36. The number of benzene rings is 2. The monoisotopic (exact) mass is 320 g/mol. The highest BCUT2D eigenvalue weighted by Gasteiger charge is 2.11. The Labute approximate surface area is 143 Å². The first-order valence-electron chi connectivity index (χ1n) is 8.69. The average molecular weight is 320 g/mol. The molecule has 0 saturated heterocycles. The molecule has 0 unspecified atom stereocenters. The molecule has 0 fully saturated rings. The third-order valence-electron chi connectivity index (χ3n) is 4.60. The lowest BCUT2D eigenvalue weighted by molar-refractivity contribution is 0.490. The number of hydrogen-bond acceptors (Lipinski definition) is 3. The number of nitrogens with zero attached hydrogens (tertiary/aromatic N) is 2. The van der Waals surface area contributed by atoms with E-state index in [1.54, 1.807) is 0 Å². The minimum atomic E-state index is 0.561. The number of rotatable bonds is 6. The van der Waals surface area contributed by atoms with E-state index in [2.05, 4.69) is 55.2 Å². The van der Waals surface area contributed by atoms with Gasteiger partial charge in [0.05, 0.1) is 0 Å². The number of aromatic nitrogens is 2. The Bertz CT molecular complexity index is 768. The third kappa shape index (κ3) is 3.73. The molecule has 24 heavy (non-hydrogen) atoms. The van der Waals surface area contributed by atoms with Gasteiger partial charge >= 0.3 is 0 Å². The van der Waals surface area contributed by atoms with Crippen molar-refractivity contribution in [3.63, 3.8) is 0 Å². The maximum atomic E-state index is 5.84. The van der Waals surface area contributed by atoms with Gasteiger partial charge in [0.2, 0.25) is 11.8 Å². The molecule has 3 rings (SSSR count). The Hall–Kier alpha value is -2.42. The lowest BCUT2D eigenvalue weighted by Gasteiger charge is -2.11. The molecule has 2 aromatic carbocycles. The van der Waals surface area contributed by atoms with E-state index in [0.29, 0.717) is 11.8 Å². The van der Waals surface area contributed by atoms with Crippen LogP contribution in [0.3, 0.4) is 0 Å². The summed E-state index contributed by atoms with van der Waals surface area (Å²) in [7, 11) is 0. The molecule has 3 aromatic rings. The van der Waals surface area contributed by atoms with Crippen LogP contribution >= 0.6 is 0 Å². The zero-order chi connectivity index (χ0) is 16.9. The molecule has 3 heteroatoms. The second-order valence-corrected chi connectivity index (χ2v) is 6.36. The van der Waals surface area contributed by atoms with Crippen LogP contribution in [0.4, 0.5) is 0 Å². The highest BCUT2D eigenvalue weighted by Crippen LogP contribution is 2.25. The predicted molar refractivity (Wildman–Crippen MR) is 97.7 cm³/mol. The van der Waals surface area contributed by atoms with Crippen LogP contribution in [0.5, 0.6) is 0 Å². The highest BCUT2D eigenvalue weighted by atomic mass is 16.4. The predicted octanol–water partition coefficient (Wildman–Crippen LogP) is 5.69. The Morgan fingerprint density at radius 3 is 1.79 bits per heavy atom. The molecule has 0 amide bonds. The van der Waals surface area contributed by atoms with E-state index < -0.39 is 0 Å². The Morgan fingerprint density at radius 2 is 1.29 bits per heavy atom. The minimum Gasteiger partial charge on any atom is -0.416 e. The van der Waals surface area contributed by atoms with E-state index in [-0.39, 0.29) is 0 Å². The molecule has 0 N–H and O–H groups in total. The Kier molecular flexibility index (Phi) is 5.09. The molecule has 3 nitrogen and oxygen atoms in total. The van der Waals surface area contributed by atoms with Gasteiger partial charge in [-0.25, -0.2) is 0 Å². The lowest BCUT2D eigenvalue weighted by Crippen LogP contribution is -2.01. The van der Waals surface area contributed by atoms with Crippen molar-refractivity contribution in [2.45, 2.75) is 40.0 Å². The fourth-order valence-corrected chi connectivity index (χ4v) is 2.85. The normalized spacial score (nSPS) is 11.2. The smallest absolute Gasteiger partial charge is 0.248 e. The lowest BCUT2D eigenvalue weighted by atomic mass is 9.94. The Morgan fingerprint density at radius 1 is 0.792 bits per heavy atom. The molecule has 0 spiro atoms. The van der Waals surface area contributed by atoms with E-state index >= 15 is 0 Å². The van der Waals surface area contributed by atoms with Crippen LogP contribution < -0.4 is 0 Å². The van der Waals surface area contributed by atoms with Gasteiger partial charge in [-0.15, -0.1) is 10.2 Å². The van der Waals surface area contributed by atoms with E-state index in [0.717, 1.165) is 23.5 Å². The third-order valence-corrected chi connectivity index (χ3v) is 4.60. The van der Waals surface area contributed by atoms with Gasteiger partial charge in [0.25, 0.3) is 0 Å². The molecule has 1 heterocycles. The molecule has 0 saturated carbocycles. The van der Waals surface area contributed by atoms with Crippen LogP contribution in [0.1, 0.15) is 37.8 Å². The van der Waals surface area contributed by atoms with E-state index in [4.69, 9.17) is 4.42 Å². The van der Waals surface area contributed by atoms with Gasteiger partial charge in [-0.05, 0) is 49.1 Å². The maximum absolute atomic E-state index is 5.84. The van der Waals surface area contributed by atoms with Gasteiger partial charge in [0.15, 0.2) is 0 Å². The molecule has 0 radical (unpaired) electrons. The summed E-state index contributed by atoms with van der Waals surface area (Å²) in [6, 6.07) is 16.6. The van der Waals surface area contributed by atoms with Crippen LogP contribution in [0.2, 0.25) is 0 Å². The van der Waals surface area contributed by atoms with Gasteiger partial charge < -0.3 is 4.42 Å². The summed E-state index contributed by atoms with van der Waals surface area (Å²) in [4.78, 5) is 0. The summed E-state index contributed by atoms with van der Waals surface area (Å²) >= 11 is 0. The molecule has 1 aromatic heterocycles. The topological polar surface area (TPSA) is 38.9 Å². The van der Waals surface area contributed by atoms with Crippen LogP contribution in [0.25, 0.3) is 22.9 Å². The average Bonchev–Trinajstić information content (AvgIpc) is 3.11. The van der Waals surface area contributed by atoms with Crippen molar-refractivity contribution in [1.29, 1.82) is 0 Å². The second-order valence-electron chi connectivity index (χ2n) is 6.36. The zero-order valence-corrected chi connectivity index (χ0v) is 14.6. The van der Waals surface area contributed by atoms with E-state index in [1.807, 2.05) is 24.3 Å². The molecular weight excluding hydrogens is 296 g/mol. The highest BCUT2D eigenvalue weighted by molar-refractivity contribution is 5.58. The van der Waals surface area contributed by atoms with Gasteiger partial charge in [0.1, 0.15) is 0 Å². The number of aryl methyl sites for hydroxylation is 1. The largest absolute Gasteiger partial charge is 0.416 e. The molecule has 0 aliphatic carbocycles. The summed E-state index contributed by atoms with van der Waals surface area (Å²) < 4.78 is 5.84. The van der Waals surface area contributed by atoms with Crippen molar-refractivity contribution >= 4 is 0 Å². The summed E-state index contributed by atoms with van der Waals surface area (Å²) in [6.45, 7) is 6.58. The molecule has 0 aliphatic rings. The van der Waals surface area contributed by atoms with Crippen molar-refractivity contribution in [2.24, 2.45) is 5.92 Å². The van der Waals surface area contributed by atoms with Crippen LogP contribution in [-0.4, -0.2) is 10.2 Å². The second kappa shape index (κ2) is 7.43. The molecular formula is C21H24N2O.